The van der Waals surface area contributed by atoms with E-state index in [1.807, 2.05) is 19.1 Å². The maximum atomic E-state index is 11.5. The van der Waals surface area contributed by atoms with E-state index in [4.69, 9.17) is 0 Å². The van der Waals surface area contributed by atoms with Crippen LogP contribution < -0.4 is 0 Å². The van der Waals surface area contributed by atoms with Crippen LogP contribution >= 0.6 is 15.9 Å². The standard InChI is InChI=1S/C12H13BrO3/c1-8-3-4-11(12(15)16-2)9(5-8)6-10(14)7-13/h3-5H,6-7H2,1-2H3. The van der Waals surface area contributed by atoms with Crippen LogP contribution in [0.4, 0.5) is 0 Å². The first-order valence-electron chi connectivity index (χ1n) is 4.84. The maximum Gasteiger partial charge on any atom is 0.338 e. The van der Waals surface area contributed by atoms with E-state index in [0.29, 0.717) is 10.9 Å². The van der Waals surface area contributed by atoms with Gasteiger partial charge in [-0.1, -0.05) is 33.6 Å². The van der Waals surface area contributed by atoms with E-state index in [9.17, 15) is 9.59 Å². The molecule has 0 heterocycles. The highest BCUT2D eigenvalue weighted by molar-refractivity contribution is 9.09. The van der Waals surface area contributed by atoms with Crippen LogP contribution in [-0.4, -0.2) is 24.2 Å². The first-order valence-corrected chi connectivity index (χ1v) is 5.96. The number of carbonyl (C=O) groups is 2. The van der Waals surface area contributed by atoms with Crippen LogP contribution in [0.3, 0.4) is 0 Å². The number of ether oxygens (including phenoxy) is 1. The summed E-state index contributed by atoms with van der Waals surface area (Å²) in [6, 6.07) is 5.36. The van der Waals surface area contributed by atoms with Crippen LogP contribution in [0, 0.1) is 6.92 Å². The number of halogens is 1. The van der Waals surface area contributed by atoms with Crippen molar-refractivity contribution in [2.45, 2.75) is 13.3 Å². The molecule has 0 aliphatic carbocycles. The maximum absolute atomic E-state index is 11.5. The van der Waals surface area contributed by atoms with E-state index >= 15 is 0 Å². The summed E-state index contributed by atoms with van der Waals surface area (Å²) in [5.74, 6) is -0.367. The summed E-state index contributed by atoms with van der Waals surface area (Å²) >= 11 is 3.10. The molecule has 1 aromatic carbocycles. The highest BCUT2D eigenvalue weighted by Gasteiger charge is 2.13. The lowest BCUT2D eigenvalue weighted by Gasteiger charge is -2.07. The highest BCUT2D eigenvalue weighted by atomic mass is 79.9. The molecule has 0 bridgehead atoms. The molecule has 16 heavy (non-hydrogen) atoms. The second kappa shape index (κ2) is 5.80. The quantitative estimate of drug-likeness (QED) is 0.629. The van der Waals surface area contributed by atoms with Crippen LogP contribution in [0.5, 0.6) is 0 Å². The molecule has 86 valence electrons. The van der Waals surface area contributed by atoms with E-state index in [1.165, 1.54) is 7.11 Å². The van der Waals surface area contributed by atoms with Crippen LogP contribution in [0.1, 0.15) is 21.5 Å². The number of ketones is 1. The number of hydrogen-bond donors (Lipinski definition) is 0. The molecule has 1 rings (SSSR count). The van der Waals surface area contributed by atoms with Gasteiger partial charge < -0.3 is 4.74 Å². The van der Waals surface area contributed by atoms with E-state index in [-0.39, 0.29) is 12.2 Å². The molecule has 0 amide bonds. The van der Waals surface area contributed by atoms with Gasteiger partial charge in [0, 0.05) is 6.42 Å². The fraction of sp³-hybridized carbons (Fsp3) is 0.333. The van der Waals surface area contributed by atoms with E-state index < -0.39 is 5.97 Å². The summed E-state index contributed by atoms with van der Waals surface area (Å²) in [4.78, 5) is 22.8. The number of alkyl halides is 1. The van der Waals surface area contributed by atoms with Crippen molar-refractivity contribution in [2.75, 3.05) is 12.4 Å². The first-order chi connectivity index (χ1) is 7.58. The van der Waals surface area contributed by atoms with Crippen LogP contribution in [0.25, 0.3) is 0 Å². The van der Waals surface area contributed by atoms with Gasteiger partial charge in [0.2, 0.25) is 0 Å². The molecule has 0 aromatic heterocycles. The number of methoxy groups -OCH3 is 1. The number of Topliss-reactive ketones (excluding diaryl/α,β-unsaturated/α-hetero) is 1. The Balaban J connectivity index is 3.08. The Bertz CT molecular complexity index is 413. The highest BCUT2D eigenvalue weighted by Crippen LogP contribution is 2.14. The Morgan fingerprint density at radius 3 is 2.62 bits per heavy atom. The minimum atomic E-state index is -0.405. The normalized spacial score (nSPS) is 9.94. The Kier molecular flexibility index (Phi) is 4.68. The van der Waals surface area contributed by atoms with Crippen molar-refractivity contribution in [1.82, 2.24) is 0 Å². The van der Waals surface area contributed by atoms with Gasteiger partial charge in [0.05, 0.1) is 18.0 Å². The SMILES string of the molecule is COC(=O)c1ccc(C)cc1CC(=O)CBr. The van der Waals surface area contributed by atoms with E-state index in [0.717, 1.165) is 11.1 Å². The average Bonchev–Trinajstić information content (AvgIpc) is 2.28. The summed E-state index contributed by atoms with van der Waals surface area (Å²) in [5.41, 5.74) is 2.20. The second-order valence-corrected chi connectivity index (χ2v) is 4.06. The van der Waals surface area contributed by atoms with Crippen molar-refractivity contribution < 1.29 is 14.3 Å². The van der Waals surface area contributed by atoms with Gasteiger partial charge in [0.1, 0.15) is 5.78 Å². The molecule has 1 aromatic rings. The number of benzene rings is 1. The number of hydrogen-bond acceptors (Lipinski definition) is 3. The Labute approximate surface area is 103 Å². The summed E-state index contributed by atoms with van der Waals surface area (Å²) in [7, 11) is 1.33. The Morgan fingerprint density at radius 2 is 2.06 bits per heavy atom. The van der Waals surface area contributed by atoms with Crippen molar-refractivity contribution in [2.24, 2.45) is 0 Å². The predicted molar refractivity (Wildman–Crippen MR) is 65.0 cm³/mol. The van der Waals surface area contributed by atoms with E-state index in [2.05, 4.69) is 20.7 Å². The lowest BCUT2D eigenvalue weighted by atomic mass is 10.0. The average molecular weight is 285 g/mol. The van der Waals surface area contributed by atoms with Crippen LogP contribution in [0.2, 0.25) is 0 Å². The molecule has 0 fully saturated rings. The molecule has 4 heteroatoms. The molecule has 0 radical (unpaired) electrons. The van der Waals surface area contributed by atoms with Crippen molar-refractivity contribution in [3.8, 4) is 0 Å². The van der Waals surface area contributed by atoms with Gasteiger partial charge in [-0.15, -0.1) is 0 Å². The smallest absolute Gasteiger partial charge is 0.338 e. The molecule has 0 saturated carbocycles. The van der Waals surface area contributed by atoms with Crippen molar-refractivity contribution in [3.05, 3.63) is 34.9 Å². The summed E-state index contributed by atoms with van der Waals surface area (Å²) in [6.07, 6.45) is 0.247. The molecule has 0 N–H and O–H groups in total. The molecule has 3 nitrogen and oxygen atoms in total. The van der Waals surface area contributed by atoms with Crippen molar-refractivity contribution in [1.29, 1.82) is 0 Å². The monoisotopic (exact) mass is 284 g/mol. The fourth-order valence-corrected chi connectivity index (χ4v) is 1.64. The van der Waals surface area contributed by atoms with Gasteiger partial charge in [0.15, 0.2) is 0 Å². The summed E-state index contributed by atoms with van der Waals surface area (Å²) < 4.78 is 4.67. The molecule has 0 atom stereocenters. The molecule has 0 aliphatic heterocycles. The van der Waals surface area contributed by atoms with Crippen LogP contribution in [0.15, 0.2) is 18.2 Å². The molecular formula is C12H13BrO3. The topological polar surface area (TPSA) is 43.4 Å². The minimum absolute atomic E-state index is 0.0377. The summed E-state index contributed by atoms with van der Waals surface area (Å²) in [5, 5.41) is 0.293. The zero-order chi connectivity index (χ0) is 12.1. The minimum Gasteiger partial charge on any atom is -0.465 e. The van der Waals surface area contributed by atoms with Gasteiger partial charge in [-0.2, -0.15) is 0 Å². The van der Waals surface area contributed by atoms with Crippen molar-refractivity contribution >= 4 is 27.7 Å². The molecular weight excluding hydrogens is 272 g/mol. The zero-order valence-corrected chi connectivity index (χ0v) is 10.8. The van der Waals surface area contributed by atoms with Gasteiger partial charge in [0.25, 0.3) is 0 Å². The zero-order valence-electron chi connectivity index (χ0n) is 9.25. The number of rotatable bonds is 4. The second-order valence-electron chi connectivity index (χ2n) is 3.50. The third-order valence-electron chi connectivity index (χ3n) is 2.20. The van der Waals surface area contributed by atoms with Gasteiger partial charge in [-0.05, 0) is 18.6 Å². The molecule has 0 aliphatic rings. The first kappa shape index (κ1) is 12.9. The van der Waals surface area contributed by atoms with Gasteiger partial charge >= 0.3 is 5.97 Å². The Morgan fingerprint density at radius 1 is 1.38 bits per heavy atom. The molecule has 0 spiro atoms. The van der Waals surface area contributed by atoms with Gasteiger partial charge in [-0.25, -0.2) is 4.79 Å². The Hall–Kier alpha value is -1.16. The third kappa shape index (κ3) is 3.17. The lowest BCUT2D eigenvalue weighted by Crippen LogP contribution is -2.11. The molecule has 0 unspecified atom stereocenters. The largest absolute Gasteiger partial charge is 0.465 e. The number of carbonyl (C=O) groups excluding carboxylic acids is 2. The van der Waals surface area contributed by atoms with Crippen molar-refractivity contribution in [3.63, 3.8) is 0 Å². The third-order valence-corrected chi connectivity index (χ3v) is 2.83. The summed E-state index contributed by atoms with van der Waals surface area (Å²) in [6.45, 7) is 1.92. The van der Waals surface area contributed by atoms with Gasteiger partial charge in [-0.3, -0.25) is 4.79 Å². The number of esters is 1. The lowest BCUT2D eigenvalue weighted by molar-refractivity contribution is -0.115. The molecule has 0 saturated heterocycles. The van der Waals surface area contributed by atoms with Crippen LogP contribution in [-0.2, 0) is 16.0 Å². The fourth-order valence-electron chi connectivity index (χ4n) is 1.44. The predicted octanol–water partition coefficient (Wildman–Crippen LogP) is 2.29. The van der Waals surface area contributed by atoms with E-state index in [1.54, 1.807) is 6.07 Å². The number of aryl methyl sites for hydroxylation is 1.